The van der Waals surface area contributed by atoms with Gasteiger partial charge in [-0.05, 0) is 44.9 Å². The first-order valence-electron chi connectivity index (χ1n) is 7.30. The lowest BCUT2D eigenvalue weighted by atomic mass is 10.1. The van der Waals surface area contributed by atoms with Crippen LogP contribution in [-0.2, 0) is 6.42 Å². The third-order valence-corrected chi connectivity index (χ3v) is 3.98. The Morgan fingerprint density at radius 1 is 1.32 bits per heavy atom. The van der Waals surface area contributed by atoms with E-state index in [1.807, 2.05) is 12.1 Å². The van der Waals surface area contributed by atoms with E-state index >= 15 is 0 Å². The monoisotopic (exact) mass is 262 g/mol. The highest BCUT2D eigenvalue weighted by atomic mass is 16.5. The van der Waals surface area contributed by atoms with Crippen molar-refractivity contribution in [2.45, 2.75) is 38.8 Å². The maximum atomic E-state index is 5.40. The molecular weight excluding hydrogens is 236 g/mol. The minimum atomic E-state index is 0.613. The smallest absolute Gasteiger partial charge is 0.122 e. The number of nitrogens with zero attached hydrogens (tertiary/aromatic N) is 1. The highest BCUT2D eigenvalue weighted by molar-refractivity contribution is 5.33. The van der Waals surface area contributed by atoms with Crippen molar-refractivity contribution < 1.29 is 4.74 Å². The molecule has 0 spiro atoms. The van der Waals surface area contributed by atoms with Crippen molar-refractivity contribution in [3.05, 3.63) is 29.8 Å². The van der Waals surface area contributed by atoms with Gasteiger partial charge in [0.05, 0.1) is 7.11 Å². The molecule has 0 radical (unpaired) electrons. The van der Waals surface area contributed by atoms with Crippen LogP contribution < -0.4 is 10.1 Å². The maximum absolute atomic E-state index is 5.40. The zero-order valence-electron chi connectivity index (χ0n) is 12.4. The van der Waals surface area contributed by atoms with Crippen LogP contribution in [0.4, 0.5) is 0 Å². The quantitative estimate of drug-likeness (QED) is 0.881. The Labute approximate surface area is 116 Å². The molecule has 106 valence electrons. The van der Waals surface area contributed by atoms with Gasteiger partial charge in [-0.15, -0.1) is 0 Å². The first-order valence-corrected chi connectivity index (χ1v) is 7.30. The number of hydrogen-bond donors (Lipinski definition) is 1. The van der Waals surface area contributed by atoms with Crippen LogP contribution in [0.5, 0.6) is 5.75 Å². The Morgan fingerprint density at radius 2 is 2.11 bits per heavy atom. The summed E-state index contributed by atoms with van der Waals surface area (Å²) < 4.78 is 5.40. The normalized spacial score (nSPS) is 24.4. The topological polar surface area (TPSA) is 24.5 Å². The molecule has 1 N–H and O–H groups in total. The SMILES string of the molecule is COc1ccccc1CCCN1C[C@@H](C)NC[C@@H]1C. The zero-order valence-corrected chi connectivity index (χ0v) is 12.4. The number of ether oxygens (including phenoxy) is 1. The molecule has 3 nitrogen and oxygen atoms in total. The van der Waals surface area contributed by atoms with Crippen LogP contribution >= 0.6 is 0 Å². The zero-order chi connectivity index (χ0) is 13.7. The lowest BCUT2D eigenvalue weighted by molar-refractivity contribution is 0.145. The highest BCUT2D eigenvalue weighted by Gasteiger charge is 2.21. The van der Waals surface area contributed by atoms with Crippen LogP contribution in [0.15, 0.2) is 24.3 Å². The first kappa shape index (κ1) is 14.4. The van der Waals surface area contributed by atoms with Crippen molar-refractivity contribution >= 4 is 0 Å². The number of methoxy groups -OCH3 is 1. The van der Waals surface area contributed by atoms with Crippen molar-refractivity contribution in [2.24, 2.45) is 0 Å². The summed E-state index contributed by atoms with van der Waals surface area (Å²) in [6.07, 6.45) is 2.28. The fourth-order valence-electron chi connectivity index (χ4n) is 2.79. The van der Waals surface area contributed by atoms with Gasteiger partial charge in [-0.2, -0.15) is 0 Å². The van der Waals surface area contributed by atoms with E-state index < -0.39 is 0 Å². The minimum Gasteiger partial charge on any atom is -0.496 e. The fraction of sp³-hybridized carbons (Fsp3) is 0.625. The van der Waals surface area contributed by atoms with Crippen molar-refractivity contribution in [1.29, 1.82) is 0 Å². The van der Waals surface area contributed by atoms with Gasteiger partial charge in [0.1, 0.15) is 5.75 Å². The number of para-hydroxylation sites is 1. The summed E-state index contributed by atoms with van der Waals surface area (Å²) in [4.78, 5) is 2.59. The average molecular weight is 262 g/mol. The lowest BCUT2D eigenvalue weighted by Gasteiger charge is -2.37. The summed E-state index contributed by atoms with van der Waals surface area (Å²) in [5.41, 5.74) is 1.32. The molecule has 1 aliphatic heterocycles. The molecule has 1 saturated heterocycles. The summed E-state index contributed by atoms with van der Waals surface area (Å²) in [7, 11) is 1.75. The van der Waals surface area contributed by atoms with E-state index in [1.165, 1.54) is 18.5 Å². The van der Waals surface area contributed by atoms with Gasteiger partial charge in [-0.3, -0.25) is 4.90 Å². The van der Waals surface area contributed by atoms with Gasteiger partial charge in [-0.25, -0.2) is 0 Å². The van der Waals surface area contributed by atoms with Gasteiger partial charge in [-0.1, -0.05) is 18.2 Å². The molecule has 3 heteroatoms. The number of piperazine rings is 1. The lowest BCUT2D eigenvalue weighted by Crippen LogP contribution is -2.54. The van der Waals surface area contributed by atoms with E-state index in [0.717, 1.165) is 25.3 Å². The Morgan fingerprint density at radius 3 is 2.89 bits per heavy atom. The second-order valence-electron chi connectivity index (χ2n) is 5.57. The van der Waals surface area contributed by atoms with Crippen molar-refractivity contribution in [1.82, 2.24) is 10.2 Å². The molecule has 0 aromatic heterocycles. The van der Waals surface area contributed by atoms with E-state index in [4.69, 9.17) is 4.74 Å². The second kappa shape index (κ2) is 6.92. The molecule has 0 unspecified atom stereocenters. The molecule has 19 heavy (non-hydrogen) atoms. The summed E-state index contributed by atoms with van der Waals surface area (Å²) in [6, 6.07) is 9.60. The third kappa shape index (κ3) is 3.95. The van der Waals surface area contributed by atoms with Crippen LogP contribution in [0.3, 0.4) is 0 Å². The molecular formula is C16H26N2O. The fourth-order valence-corrected chi connectivity index (χ4v) is 2.79. The summed E-state index contributed by atoms with van der Waals surface area (Å²) in [6.45, 7) is 8.01. The standard InChI is InChI=1S/C16H26N2O/c1-13-12-18(14(2)11-17-13)10-6-8-15-7-4-5-9-16(15)19-3/h4-5,7,9,13-14,17H,6,8,10-12H2,1-3H3/t13-,14+/m1/s1. The molecule has 1 aromatic rings. The van der Waals surface area contributed by atoms with Crippen LogP contribution in [0.1, 0.15) is 25.8 Å². The first-order chi connectivity index (χ1) is 9.20. The van der Waals surface area contributed by atoms with E-state index in [1.54, 1.807) is 7.11 Å². The second-order valence-corrected chi connectivity index (χ2v) is 5.57. The van der Waals surface area contributed by atoms with Gasteiger partial charge in [0.15, 0.2) is 0 Å². The molecule has 1 aromatic carbocycles. The Kier molecular flexibility index (Phi) is 5.23. The van der Waals surface area contributed by atoms with E-state index in [0.29, 0.717) is 12.1 Å². The van der Waals surface area contributed by atoms with Gasteiger partial charge >= 0.3 is 0 Å². The highest BCUT2D eigenvalue weighted by Crippen LogP contribution is 2.19. The summed E-state index contributed by atoms with van der Waals surface area (Å²) in [5, 5.41) is 3.53. The van der Waals surface area contributed by atoms with Gasteiger partial charge in [0.25, 0.3) is 0 Å². The van der Waals surface area contributed by atoms with Crippen LogP contribution in [-0.4, -0.2) is 43.7 Å². The predicted octanol–water partition coefficient (Wildman–Crippen LogP) is 2.31. The van der Waals surface area contributed by atoms with Crippen molar-refractivity contribution in [2.75, 3.05) is 26.7 Å². The molecule has 0 amide bonds. The number of aryl methyl sites for hydroxylation is 1. The Bertz CT molecular complexity index is 394. The van der Waals surface area contributed by atoms with Gasteiger partial charge < -0.3 is 10.1 Å². The summed E-state index contributed by atoms with van der Waals surface area (Å²) >= 11 is 0. The molecule has 2 rings (SSSR count). The molecule has 0 bridgehead atoms. The Hall–Kier alpha value is -1.06. The van der Waals surface area contributed by atoms with Crippen LogP contribution in [0.25, 0.3) is 0 Å². The average Bonchev–Trinajstić information content (AvgIpc) is 2.43. The van der Waals surface area contributed by atoms with Crippen molar-refractivity contribution in [3.8, 4) is 5.75 Å². The summed E-state index contributed by atoms with van der Waals surface area (Å²) in [5.74, 6) is 1.02. The molecule has 1 fully saturated rings. The van der Waals surface area contributed by atoms with Crippen LogP contribution in [0.2, 0.25) is 0 Å². The van der Waals surface area contributed by atoms with E-state index in [-0.39, 0.29) is 0 Å². The molecule has 2 atom stereocenters. The molecule has 0 saturated carbocycles. The third-order valence-electron chi connectivity index (χ3n) is 3.98. The number of nitrogens with one attached hydrogen (secondary N) is 1. The molecule has 0 aliphatic carbocycles. The largest absolute Gasteiger partial charge is 0.496 e. The Balaban J connectivity index is 1.82. The van der Waals surface area contributed by atoms with Gasteiger partial charge in [0.2, 0.25) is 0 Å². The van der Waals surface area contributed by atoms with Gasteiger partial charge in [0, 0.05) is 25.2 Å². The molecule has 1 heterocycles. The van der Waals surface area contributed by atoms with Crippen molar-refractivity contribution in [3.63, 3.8) is 0 Å². The van der Waals surface area contributed by atoms with Crippen LogP contribution in [0, 0.1) is 0 Å². The van der Waals surface area contributed by atoms with E-state index in [9.17, 15) is 0 Å². The van der Waals surface area contributed by atoms with E-state index in [2.05, 4.69) is 36.2 Å². The number of benzene rings is 1. The number of rotatable bonds is 5. The predicted molar refractivity (Wildman–Crippen MR) is 79.8 cm³/mol. The molecule has 1 aliphatic rings. The number of hydrogen-bond acceptors (Lipinski definition) is 3. The maximum Gasteiger partial charge on any atom is 0.122 e. The minimum absolute atomic E-state index is 0.613.